The molecule has 4 rings (SSSR count). The van der Waals surface area contributed by atoms with E-state index in [9.17, 15) is 4.79 Å². The fraction of sp³-hybridized carbons (Fsp3) is 0.294. The Balaban J connectivity index is 1.67. The highest BCUT2D eigenvalue weighted by Gasteiger charge is 2.28. The fourth-order valence-electron chi connectivity index (χ4n) is 2.72. The Morgan fingerprint density at radius 3 is 2.96 bits per heavy atom. The van der Waals surface area contributed by atoms with Crippen LogP contribution in [0.15, 0.2) is 36.8 Å². The average molecular weight is 307 g/mol. The number of nitrogens with zero attached hydrogens (tertiary/aromatic N) is 4. The third kappa shape index (κ3) is 2.56. The van der Waals surface area contributed by atoms with Crippen LogP contribution in [0.1, 0.15) is 41.9 Å². The number of pyridine rings is 2. The second-order valence-corrected chi connectivity index (χ2v) is 5.75. The Hall–Kier alpha value is -2.76. The molecule has 1 fully saturated rings. The molecule has 1 aliphatic rings. The minimum atomic E-state index is -0.185. The van der Waals surface area contributed by atoms with E-state index in [0.717, 1.165) is 16.5 Å². The quantitative estimate of drug-likeness (QED) is 0.804. The van der Waals surface area contributed by atoms with Crippen LogP contribution in [0.3, 0.4) is 0 Å². The molecule has 0 aromatic carbocycles. The molecule has 1 aliphatic carbocycles. The number of carbonyl (C=O) groups is 1. The van der Waals surface area contributed by atoms with E-state index in [2.05, 4.69) is 20.4 Å². The number of carbonyl (C=O) groups excluding carboxylic acids is 1. The number of aromatic nitrogens is 4. The van der Waals surface area contributed by atoms with Gasteiger partial charge in [0, 0.05) is 36.4 Å². The van der Waals surface area contributed by atoms with Crippen LogP contribution in [0.5, 0.6) is 0 Å². The van der Waals surface area contributed by atoms with E-state index in [1.54, 1.807) is 23.3 Å². The highest BCUT2D eigenvalue weighted by Crippen LogP contribution is 2.39. The number of rotatable bonds is 4. The smallest absolute Gasteiger partial charge is 0.275 e. The summed E-state index contributed by atoms with van der Waals surface area (Å²) in [6.07, 6.45) is 7.45. The molecule has 0 saturated heterocycles. The summed E-state index contributed by atoms with van der Waals surface area (Å²) < 4.78 is 1.76. The zero-order chi connectivity index (χ0) is 15.8. The van der Waals surface area contributed by atoms with Gasteiger partial charge in [0.25, 0.3) is 5.91 Å². The molecule has 23 heavy (non-hydrogen) atoms. The van der Waals surface area contributed by atoms with E-state index in [-0.39, 0.29) is 5.91 Å². The summed E-state index contributed by atoms with van der Waals surface area (Å²) in [5.41, 5.74) is 1.60. The topological polar surface area (TPSA) is 72.7 Å². The van der Waals surface area contributed by atoms with E-state index in [4.69, 9.17) is 0 Å². The van der Waals surface area contributed by atoms with Gasteiger partial charge >= 0.3 is 0 Å². The monoisotopic (exact) mass is 307 g/mol. The maximum Gasteiger partial charge on any atom is 0.275 e. The molecule has 6 heteroatoms. The van der Waals surface area contributed by atoms with Gasteiger partial charge in [-0.2, -0.15) is 5.10 Å². The van der Waals surface area contributed by atoms with Crippen molar-refractivity contribution in [3.05, 3.63) is 48.2 Å². The standard InChI is InChI=1S/C17H17N5O/c1-2-22-15(9-14(21-22)12-3-4-12)17(23)20-16-13-10-18-7-5-11(13)6-8-19-16/h5-10,12H,2-4H2,1H3,(H,19,20,23). The molecule has 0 spiro atoms. The van der Waals surface area contributed by atoms with Gasteiger partial charge in [0.05, 0.1) is 5.69 Å². The lowest BCUT2D eigenvalue weighted by molar-refractivity contribution is 0.101. The SMILES string of the molecule is CCn1nc(C2CC2)cc1C(=O)Nc1nccc2ccncc12. The van der Waals surface area contributed by atoms with Crippen molar-refractivity contribution >= 4 is 22.5 Å². The number of hydrogen-bond acceptors (Lipinski definition) is 4. The van der Waals surface area contributed by atoms with Crippen molar-refractivity contribution in [3.8, 4) is 0 Å². The zero-order valence-corrected chi connectivity index (χ0v) is 12.9. The number of fused-ring (bicyclic) bond motifs is 1. The van der Waals surface area contributed by atoms with Crippen molar-refractivity contribution in [2.24, 2.45) is 0 Å². The van der Waals surface area contributed by atoms with Crippen LogP contribution in [0.2, 0.25) is 0 Å². The van der Waals surface area contributed by atoms with Crippen molar-refractivity contribution in [2.45, 2.75) is 32.2 Å². The molecule has 0 unspecified atom stereocenters. The molecule has 1 N–H and O–H groups in total. The van der Waals surface area contributed by atoms with E-state index in [0.29, 0.717) is 24.0 Å². The van der Waals surface area contributed by atoms with Crippen molar-refractivity contribution in [1.29, 1.82) is 0 Å². The van der Waals surface area contributed by atoms with E-state index >= 15 is 0 Å². The van der Waals surface area contributed by atoms with Gasteiger partial charge in [-0.25, -0.2) is 4.98 Å². The average Bonchev–Trinajstić information content (AvgIpc) is 3.34. The third-order valence-electron chi connectivity index (χ3n) is 4.13. The molecule has 0 radical (unpaired) electrons. The number of amides is 1. The summed E-state index contributed by atoms with van der Waals surface area (Å²) in [6.45, 7) is 2.65. The molecular formula is C17H17N5O. The van der Waals surface area contributed by atoms with E-state index < -0.39 is 0 Å². The van der Waals surface area contributed by atoms with Gasteiger partial charge in [-0.05, 0) is 43.4 Å². The van der Waals surface area contributed by atoms with Gasteiger partial charge in [0.15, 0.2) is 0 Å². The Labute approximate surface area is 133 Å². The molecule has 3 aromatic heterocycles. The summed E-state index contributed by atoms with van der Waals surface area (Å²) in [7, 11) is 0. The second-order valence-electron chi connectivity index (χ2n) is 5.75. The van der Waals surface area contributed by atoms with Crippen LogP contribution in [0.4, 0.5) is 5.82 Å². The summed E-state index contributed by atoms with van der Waals surface area (Å²) in [5.74, 6) is 0.863. The third-order valence-corrected chi connectivity index (χ3v) is 4.13. The van der Waals surface area contributed by atoms with Crippen LogP contribution < -0.4 is 5.32 Å². The first-order valence-corrected chi connectivity index (χ1v) is 7.84. The Bertz CT molecular complexity index is 876. The Kier molecular flexibility index (Phi) is 3.29. The molecule has 0 bridgehead atoms. The molecule has 1 amide bonds. The van der Waals surface area contributed by atoms with Crippen molar-refractivity contribution in [1.82, 2.24) is 19.7 Å². The molecule has 6 nitrogen and oxygen atoms in total. The van der Waals surface area contributed by atoms with E-state index in [1.165, 1.54) is 12.8 Å². The van der Waals surface area contributed by atoms with Crippen LogP contribution in [-0.4, -0.2) is 25.7 Å². The molecule has 116 valence electrons. The number of nitrogens with one attached hydrogen (secondary N) is 1. The molecule has 3 heterocycles. The summed E-state index contributed by atoms with van der Waals surface area (Å²) >= 11 is 0. The number of hydrogen-bond donors (Lipinski definition) is 1. The predicted molar refractivity (Wildman–Crippen MR) is 87.4 cm³/mol. The number of aryl methyl sites for hydroxylation is 1. The first-order valence-electron chi connectivity index (χ1n) is 7.84. The van der Waals surface area contributed by atoms with Gasteiger partial charge in [0.2, 0.25) is 0 Å². The predicted octanol–water partition coefficient (Wildman–Crippen LogP) is 2.98. The Morgan fingerprint density at radius 2 is 2.17 bits per heavy atom. The fourth-order valence-corrected chi connectivity index (χ4v) is 2.72. The van der Waals surface area contributed by atoms with Gasteiger partial charge in [-0.3, -0.25) is 14.5 Å². The van der Waals surface area contributed by atoms with Crippen LogP contribution >= 0.6 is 0 Å². The van der Waals surface area contributed by atoms with Crippen molar-refractivity contribution in [2.75, 3.05) is 5.32 Å². The van der Waals surface area contributed by atoms with E-state index in [1.807, 2.05) is 25.1 Å². The van der Waals surface area contributed by atoms with Gasteiger partial charge in [-0.1, -0.05) is 0 Å². The molecular weight excluding hydrogens is 290 g/mol. The highest BCUT2D eigenvalue weighted by atomic mass is 16.2. The number of anilines is 1. The minimum Gasteiger partial charge on any atom is -0.305 e. The first-order chi connectivity index (χ1) is 11.3. The molecule has 0 aliphatic heterocycles. The van der Waals surface area contributed by atoms with Crippen molar-refractivity contribution < 1.29 is 4.79 Å². The highest BCUT2D eigenvalue weighted by molar-refractivity contribution is 6.07. The second kappa shape index (κ2) is 5.46. The Morgan fingerprint density at radius 1 is 1.35 bits per heavy atom. The minimum absolute atomic E-state index is 0.185. The summed E-state index contributed by atoms with van der Waals surface area (Å²) in [4.78, 5) is 21.1. The van der Waals surface area contributed by atoms with Crippen molar-refractivity contribution in [3.63, 3.8) is 0 Å². The molecule has 3 aromatic rings. The van der Waals surface area contributed by atoms with Gasteiger partial charge in [-0.15, -0.1) is 0 Å². The van der Waals surface area contributed by atoms with Crippen LogP contribution in [0, 0.1) is 0 Å². The normalized spacial score (nSPS) is 14.1. The van der Waals surface area contributed by atoms with Gasteiger partial charge < -0.3 is 5.32 Å². The van der Waals surface area contributed by atoms with Gasteiger partial charge in [0.1, 0.15) is 11.5 Å². The first kappa shape index (κ1) is 13.9. The van der Waals surface area contributed by atoms with Crippen LogP contribution in [0.25, 0.3) is 10.8 Å². The maximum atomic E-state index is 12.7. The molecule has 1 saturated carbocycles. The largest absolute Gasteiger partial charge is 0.305 e. The summed E-state index contributed by atoms with van der Waals surface area (Å²) in [6, 6.07) is 5.70. The lowest BCUT2D eigenvalue weighted by Crippen LogP contribution is -2.18. The lowest BCUT2D eigenvalue weighted by atomic mass is 10.2. The maximum absolute atomic E-state index is 12.7. The lowest BCUT2D eigenvalue weighted by Gasteiger charge is -2.08. The molecule has 0 atom stereocenters. The summed E-state index contributed by atoms with van der Waals surface area (Å²) in [5, 5.41) is 9.26. The zero-order valence-electron chi connectivity index (χ0n) is 12.9. The van der Waals surface area contributed by atoms with Crippen LogP contribution in [-0.2, 0) is 6.54 Å².